The molecule has 0 aromatic heterocycles. The van der Waals surface area contributed by atoms with E-state index >= 15 is 0 Å². The van der Waals surface area contributed by atoms with Crippen molar-refractivity contribution < 1.29 is 15.0 Å². The van der Waals surface area contributed by atoms with E-state index in [4.69, 9.17) is 0 Å². The largest absolute Gasteiger partial charge is 0.393 e. The molecule has 0 aliphatic heterocycles. The fraction of sp³-hybridized carbons (Fsp3) is 0.923. The van der Waals surface area contributed by atoms with Crippen LogP contribution in [0.3, 0.4) is 0 Å². The van der Waals surface area contributed by atoms with Crippen LogP contribution in [0.4, 0.5) is 0 Å². The summed E-state index contributed by atoms with van der Waals surface area (Å²) in [6, 6.07) is 0. The van der Waals surface area contributed by atoms with Crippen LogP contribution in [0.1, 0.15) is 51.4 Å². The average Bonchev–Trinajstić information content (AvgIpc) is 2.30. The van der Waals surface area contributed by atoms with Gasteiger partial charge in [0.15, 0.2) is 0 Å². The molecule has 0 bridgehead atoms. The Morgan fingerprint density at radius 2 is 1.00 bits per heavy atom. The second-order valence-electron chi connectivity index (χ2n) is 5.41. The molecule has 0 radical (unpaired) electrons. The van der Waals surface area contributed by atoms with Crippen molar-refractivity contribution >= 4 is 5.78 Å². The molecule has 3 nitrogen and oxygen atoms in total. The Hall–Kier alpha value is -0.410. The molecule has 2 aliphatic carbocycles. The Balaban J connectivity index is 1.83. The lowest BCUT2D eigenvalue weighted by Crippen LogP contribution is -2.32. The van der Waals surface area contributed by atoms with Crippen molar-refractivity contribution in [3.8, 4) is 0 Å². The van der Waals surface area contributed by atoms with Crippen molar-refractivity contribution in [3.05, 3.63) is 0 Å². The molecule has 0 amide bonds. The SMILES string of the molecule is O=C([C@H]1CC[C@@H](O)CC1)[C@H]1CC[C@@H](O)CC1. The van der Waals surface area contributed by atoms with Gasteiger partial charge in [0.1, 0.15) is 5.78 Å². The maximum Gasteiger partial charge on any atom is 0.139 e. The Kier molecular flexibility index (Phi) is 3.98. The minimum atomic E-state index is -0.183. The Bertz CT molecular complexity index is 212. The highest BCUT2D eigenvalue weighted by Crippen LogP contribution is 2.32. The lowest BCUT2D eigenvalue weighted by atomic mass is 9.75. The molecule has 0 heterocycles. The molecule has 2 fully saturated rings. The van der Waals surface area contributed by atoms with E-state index in [1.807, 2.05) is 0 Å². The van der Waals surface area contributed by atoms with E-state index in [1.165, 1.54) is 0 Å². The molecular weight excluding hydrogens is 204 g/mol. The number of aliphatic hydroxyl groups is 2. The van der Waals surface area contributed by atoms with Crippen LogP contribution in [-0.4, -0.2) is 28.2 Å². The maximum absolute atomic E-state index is 12.2. The van der Waals surface area contributed by atoms with E-state index in [1.54, 1.807) is 0 Å². The van der Waals surface area contributed by atoms with Crippen molar-refractivity contribution in [2.75, 3.05) is 0 Å². The third kappa shape index (κ3) is 2.83. The third-order valence-electron chi connectivity index (χ3n) is 4.20. The number of aliphatic hydroxyl groups excluding tert-OH is 2. The summed E-state index contributed by atoms with van der Waals surface area (Å²) in [6.45, 7) is 0. The molecule has 2 saturated carbocycles. The highest BCUT2D eigenvalue weighted by atomic mass is 16.3. The molecule has 2 rings (SSSR count). The predicted molar refractivity (Wildman–Crippen MR) is 60.9 cm³/mol. The molecule has 0 aromatic carbocycles. The van der Waals surface area contributed by atoms with E-state index in [0.29, 0.717) is 5.78 Å². The number of hydrogen-bond acceptors (Lipinski definition) is 3. The summed E-state index contributed by atoms with van der Waals surface area (Å²) in [6.07, 6.45) is 6.21. The van der Waals surface area contributed by atoms with Gasteiger partial charge in [-0.25, -0.2) is 0 Å². The second-order valence-corrected chi connectivity index (χ2v) is 5.41. The van der Waals surface area contributed by atoms with Crippen LogP contribution >= 0.6 is 0 Å². The van der Waals surface area contributed by atoms with Crippen LogP contribution < -0.4 is 0 Å². The molecule has 0 spiro atoms. The summed E-state index contributed by atoms with van der Waals surface area (Å²) in [5.41, 5.74) is 0. The summed E-state index contributed by atoms with van der Waals surface area (Å²) in [5, 5.41) is 18.8. The summed E-state index contributed by atoms with van der Waals surface area (Å²) in [7, 11) is 0. The number of hydrogen-bond donors (Lipinski definition) is 2. The van der Waals surface area contributed by atoms with E-state index in [-0.39, 0.29) is 24.0 Å². The van der Waals surface area contributed by atoms with Gasteiger partial charge in [-0.1, -0.05) is 0 Å². The van der Waals surface area contributed by atoms with Gasteiger partial charge in [0.25, 0.3) is 0 Å². The van der Waals surface area contributed by atoms with E-state index in [0.717, 1.165) is 51.4 Å². The molecule has 0 saturated heterocycles. The Labute approximate surface area is 96.9 Å². The molecule has 3 heteroatoms. The van der Waals surface area contributed by atoms with Gasteiger partial charge in [-0.05, 0) is 51.4 Å². The second kappa shape index (κ2) is 5.28. The first-order valence-electron chi connectivity index (χ1n) is 6.56. The summed E-state index contributed by atoms with van der Waals surface area (Å²) in [5.74, 6) is 0.770. The van der Waals surface area contributed by atoms with Gasteiger partial charge in [0, 0.05) is 11.8 Å². The normalized spacial score (nSPS) is 40.6. The van der Waals surface area contributed by atoms with Gasteiger partial charge in [-0.2, -0.15) is 0 Å². The van der Waals surface area contributed by atoms with Gasteiger partial charge in [-0.3, -0.25) is 4.79 Å². The molecule has 0 unspecified atom stereocenters. The predicted octanol–water partition coefficient (Wildman–Crippen LogP) is 1.66. The van der Waals surface area contributed by atoms with Crippen molar-refractivity contribution in [2.24, 2.45) is 11.8 Å². The standard InChI is InChI=1S/C13H22O3/c14-11-5-1-9(2-6-11)13(16)10-3-7-12(15)8-4-10/h9-12,14-15H,1-8H2/t9-,10-,11+,12+. The number of ketones is 1. The zero-order chi connectivity index (χ0) is 11.5. The maximum atomic E-state index is 12.2. The third-order valence-corrected chi connectivity index (χ3v) is 4.20. The zero-order valence-electron chi connectivity index (χ0n) is 9.77. The lowest BCUT2D eigenvalue weighted by Gasteiger charge is -2.30. The molecule has 16 heavy (non-hydrogen) atoms. The highest BCUT2D eigenvalue weighted by Gasteiger charge is 2.32. The summed E-state index contributed by atoms with van der Waals surface area (Å²) < 4.78 is 0. The first-order valence-corrected chi connectivity index (χ1v) is 6.56. The van der Waals surface area contributed by atoms with Crippen molar-refractivity contribution in [1.29, 1.82) is 0 Å². The van der Waals surface area contributed by atoms with Crippen molar-refractivity contribution in [1.82, 2.24) is 0 Å². The molecule has 0 aromatic rings. The first kappa shape index (κ1) is 12.1. The van der Waals surface area contributed by atoms with Gasteiger partial charge in [-0.15, -0.1) is 0 Å². The minimum Gasteiger partial charge on any atom is -0.393 e. The van der Waals surface area contributed by atoms with Crippen LogP contribution in [0.2, 0.25) is 0 Å². The molecule has 0 atom stereocenters. The molecular formula is C13H22O3. The molecule has 92 valence electrons. The summed E-state index contributed by atoms with van der Waals surface area (Å²) >= 11 is 0. The number of carbonyl (C=O) groups excluding carboxylic acids is 1. The van der Waals surface area contributed by atoms with Crippen LogP contribution in [-0.2, 0) is 4.79 Å². The Morgan fingerprint density at radius 1 is 0.688 bits per heavy atom. The fourth-order valence-corrected chi connectivity index (χ4v) is 3.05. The quantitative estimate of drug-likeness (QED) is 0.753. The number of Topliss-reactive ketones (excluding diaryl/α,β-unsaturated/α-hetero) is 1. The van der Waals surface area contributed by atoms with E-state index in [2.05, 4.69) is 0 Å². The van der Waals surface area contributed by atoms with E-state index < -0.39 is 0 Å². The van der Waals surface area contributed by atoms with Crippen molar-refractivity contribution in [2.45, 2.75) is 63.6 Å². The number of rotatable bonds is 2. The zero-order valence-corrected chi connectivity index (χ0v) is 9.77. The van der Waals surface area contributed by atoms with Crippen molar-refractivity contribution in [3.63, 3.8) is 0 Å². The minimum absolute atomic E-state index is 0.183. The lowest BCUT2D eigenvalue weighted by molar-refractivity contribution is -0.130. The Morgan fingerprint density at radius 3 is 1.31 bits per heavy atom. The summed E-state index contributed by atoms with van der Waals surface area (Å²) in [4.78, 5) is 12.2. The van der Waals surface area contributed by atoms with Gasteiger partial charge < -0.3 is 10.2 Å². The van der Waals surface area contributed by atoms with Crippen LogP contribution in [0.5, 0.6) is 0 Å². The van der Waals surface area contributed by atoms with Gasteiger partial charge in [0.2, 0.25) is 0 Å². The van der Waals surface area contributed by atoms with Crippen LogP contribution in [0, 0.1) is 11.8 Å². The van der Waals surface area contributed by atoms with Gasteiger partial charge in [0.05, 0.1) is 12.2 Å². The number of carbonyl (C=O) groups is 1. The van der Waals surface area contributed by atoms with Crippen LogP contribution in [0.25, 0.3) is 0 Å². The van der Waals surface area contributed by atoms with E-state index in [9.17, 15) is 15.0 Å². The monoisotopic (exact) mass is 226 g/mol. The van der Waals surface area contributed by atoms with Gasteiger partial charge >= 0.3 is 0 Å². The smallest absolute Gasteiger partial charge is 0.139 e. The fourth-order valence-electron chi connectivity index (χ4n) is 3.05. The molecule has 2 aliphatic rings. The topological polar surface area (TPSA) is 57.5 Å². The average molecular weight is 226 g/mol. The highest BCUT2D eigenvalue weighted by molar-refractivity contribution is 5.83. The first-order chi connectivity index (χ1) is 7.66. The van der Waals surface area contributed by atoms with Crippen LogP contribution in [0.15, 0.2) is 0 Å². The molecule has 2 N–H and O–H groups in total.